The summed E-state index contributed by atoms with van der Waals surface area (Å²) in [4.78, 5) is 16.8. The van der Waals surface area contributed by atoms with Crippen LogP contribution >= 0.6 is 11.6 Å². The highest BCUT2D eigenvalue weighted by Crippen LogP contribution is 2.23. The van der Waals surface area contributed by atoms with E-state index >= 15 is 0 Å². The van der Waals surface area contributed by atoms with Crippen molar-refractivity contribution < 1.29 is 14.6 Å². The lowest BCUT2D eigenvalue weighted by Crippen LogP contribution is -2.44. The van der Waals surface area contributed by atoms with Gasteiger partial charge in [0.15, 0.2) is 0 Å². The summed E-state index contributed by atoms with van der Waals surface area (Å²) in [7, 11) is 0. The second-order valence-electron chi connectivity index (χ2n) is 7.79. The highest BCUT2D eigenvalue weighted by molar-refractivity contribution is 6.30. The molecule has 1 aromatic rings. The van der Waals surface area contributed by atoms with Crippen LogP contribution in [0.15, 0.2) is 24.3 Å². The number of amides is 1. The molecule has 27 heavy (non-hydrogen) atoms. The van der Waals surface area contributed by atoms with Crippen molar-refractivity contribution in [2.75, 3.05) is 39.3 Å². The zero-order chi connectivity index (χ0) is 19.2. The molecule has 0 radical (unpaired) electrons. The number of benzene rings is 1. The molecule has 1 N–H and O–H groups in total. The molecule has 0 bridgehead atoms. The maximum absolute atomic E-state index is 12.5. The number of hydrogen-bond donors (Lipinski definition) is 1. The summed E-state index contributed by atoms with van der Waals surface area (Å²) in [6, 6.07) is 7.59. The van der Waals surface area contributed by atoms with Gasteiger partial charge in [0.2, 0.25) is 5.91 Å². The van der Waals surface area contributed by atoms with Gasteiger partial charge in [-0.1, -0.05) is 23.7 Å². The SMILES string of the molecule is CC(OCC(O)CN1CCC(C(=O)N2CCCC2)CC1)c1ccc(Cl)cc1. The lowest BCUT2D eigenvalue weighted by Gasteiger charge is -2.34. The molecular weight excluding hydrogens is 364 g/mol. The van der Waals surface area contributed by atoms with Gasteiger partial charge in [0.25, 0.3) is 0 Å². The molecular formula is C21H31ClN2O3. The number of likely N-dealkylation sites (tertiary alicyclic amines) is 2. The van der Waals surface area contributed by atoms with Gasteiger partial charge < -0.3 is 19.6 Å². The molecule has 150 valence electrons. The Hall–Kier alpha value is -1.14. The van der Waals surface area contributed by atoms with E-state index in [-0.39, 0.29) is 12.0 Å². The number of carbonyl (C=O) groups excluding carboxylic acids is 1. The predicted molar refractivity (Wildman–Crippen MR) is 107 cm³/mol. The average Bonchev–Trinajstić information content (AvgIpc) is 3.21. The number of β-amino-alcohol motifs (C(OH)–C–C–N with tert-alkyl or cyclic N) is 1. The number of ether oxygens (including phenoxy) is 1. The molecule has 1 amide bonds. The van der Waals surface area contributed by atoms with Gasteiger partial charge in [-0.25, -0.2) is 0 Å². The third-order valence-electron chi connectivity index (χ3n) is 5.70. The third-order valence-corrected chi connectivity index (χ3v) is 5.95. The maximum Gasteiger partial charge on any atom is 0.225 e. The molecule has 0 saturated carbocycles. The van der Waals surface area contributed by atoms with Gasteiger partial charge in [-0.2, -0.15) is 0 Å². The Morgan fingerprint density at radius 2 is 1.81 bits per heavy atom. The molecule has 3 rings (SSSR count). The van der Waals surface area contributed by atoms with E-state index in [9.17, 15) is 9.90 Å². The molecule has 5 nitrogen and oxygen atoms in total. The Kier molecular flexibility index (Phi) is 7.53. The first kappa shape index (κ1) is 20.6. The number of halogens is 1. The number of aliphatic hydroxyl groups excluding tert-OH is 1. The summed E-state index contributed by atoms with van der Waals surface area (Å²) in [5, 5.41) is 11.0. The van der Waals surface area contributed by atoms with Crippen molar-refractivity contribution in [3.8, 4) is 0 Å². The van der Waals surface area contributed by atoms with E-state index in [1.54, 1.807) is 0 Å². The zero-order valence-electron chi connectivity index (χ0n) is 16.1. The molecule has 2 atom stereocenters. The monoisotopic (exact) mass is 394 g/mol. The van der Waals surface area contributed by atoms with Crippen molar-refractivity contribution in [1.29, 1.82) is 0 Å². The molecule has 2 aliphatic rings. The number of nitrogens with zero attached hydrogens (tertiary/aromatic N) is 2. The summed E-state index contributed by atoms with van der Waals surface area (Å²) in [5.74, 6) is 0.505. The quantitative estimate of drug-likeness (QED) is 0.772. The van der Waals surface area contributed by atoms with Crippen LogP contribution in [0.2, 0.25) is 5.02 Å². The van der Waals surface area contributed by atoms with Gasteiger partial charge in [0, 0.05) is 30.6 Å². The van der Waals surface area contributed by atoms with Crippen LogP contribution in [-0.2, 0) is 9.53 Å². The lowest BCUT2D eigenvalue weighted by molar-refractivity contribution is -0.136. The summed E-state index contributed by atoms with van der Waals surface area (Å²) in [6.45, 7) is 6.48. The fourth-order valence-electron chi connectivity index (χ4n) is 3.99. The number of rotatable bonds is 7. The van der Waals surface area contributed by atoms with Gasteiger partial charge in [0.1, 0.15) is 0 Å². The smallest absolute Gasteiger partial charge is 0.225 e. The molecule has 6 heteroatoms. The lowest BCUT2D eigenvalue weighted by atomic mass is 9.95. The van der Waals surface area contributed by atoms with E-state index < -0.39 is 6.10 Å². The largest absolute Gasteiger partial charge is 0.389 e. The summed E-state index contributed by atoms with van der Waals surface area (Å²) in [6.07, 6.45) is 3.47. The third kappa shape index (κ3) is 5.92. The van der Waals surface area contributed by atoms with Crippen LogP contribution in [0.5, 0.6) is 0 Å². The van der Waals surface area contributed by atoms with Crippen molar-refractivity contribution in [1.82, 2.24) is 9.80 Å². The standard InChI is InChI=1S/C21H31ClN2O3/c1-16(17-4-6-19(22)7-5-17)27-15-20(25)14-23-12-8-18(9-13-23)21(26)24-10-2-3-11-24/h4-7,16,18,20,25H,2-3,8-15H2,1H3. The Morgan fingerprint density at radius 1 is 1.19 bits per heavy atom. The molecule has 0 spiro atoms. The molecule has 2 heterocycles. The van der Waals surface area contributed by atoms with Crippen LogP contribution in [0, 0.1) is 5.92 Å². The molecule has 0 aromatic heterocycles. The number of hydrogen-bond acceptors (Lipinski definition) is 4. The molecule has 1 aromatic carbocycles. The van der Waals surface area contributed by atoms with Crippen LogP contribution in [-0.4, -0.2) is 66.2 Å². The molecule has 2 aliphatic heterocycles. The summed E-state index contributed by atoms with van der Waals surface area (Å²) < 4.78 is 5.82. The van der Waals surface area contributed by atoms with Crippen molar-refractivity contribution in [3.05, 3.63) is 34.9 Å². The number of carbonyl (C=O) groups is 1. The first-order chi connectivity index (χ1) is 13.0. The number of piperidine rings is 1. The van der Waals surface area contributed by atoms with Crippen LogP contribution in [0.4, 0.5) is 0 Å². The Morgan fingerprint density at radius 3 is 2.44 bits per heavy atom. The Labute approximate surface area is 167 Å². The van der Waals surface area contributed by atoms with E-state index in [1.165, 1.54) is 0 Å². The van der Waals surface area contributed by atoms with E-state index in [4.69, 9.17) is 16.3 Å². The van der Waals surface area contributed by atoms with E-state index in [0.29, 0.717) is 24.1 Å². The van der Waals surface area contributed by atoms with Crippen molar-refractivity contribution in [3.63, 3.8) is 0 Å². The first-order valence-corrected chi connectivity index (χ1v) is 10.5. The van der Waals surface area contributed by atoms with Gasteiger partial charge >= 0.3 is 0 Å². The topological polar surface area (TPSA) is 53.0 Å². The second kappa shape index (κ2) is 9.87. The highest BCUT2D eigenvalue weighted by atomic mass is 35.5. The van der Waals surface area contributed by atoms with E-state index in [0.717, 1.165) is 57.4 Å². The minimum Gasteiger partial charge on any atom is -0.389 e. The van der Waals surface area contributed by atoms with Crippen molar-refractivity contribution in [2.45, 2.75) is 44.8 Å². The highest BCUT2D eigenvalue weighted by Gasteiger charge is 2.30. The van der Waals surface area contributed by atoms with Gasteiger partial charge in [0.05, 0.1) is 18.8 Å². The minimum absolute atomic E-state index is 0.0827. The van der Waals surface area contributed by atoms with E-state index in [1.807, 2.05) is 36.1 Å². The molecule has 2 unspecified atom stereocenters. The molecule has 2 fully saturated rings. The second-order valence-corrected chi connectivity index (χ2v) is 8.22. The first-order valence-electron chi connectivity index (χ1n) is 10.1. The van der Waals surface area contributed by atoms with Crippen molar-refractivity contribution >= 4 is 17.5 Å². The van der Waals surface area contributed by atoms with Crippen LogP contribution < -0.4 is 0 Å². The van der Waals surface area contributed by atoms with E-state index in [2.05, 4.69) is 4.90 Å². The number of aliphatic hydroxyl groups is 1. The Bertz CT molecular complexity index is 596. The van der Waals surface area contributed by atoms with Crippen molar-refractivity contribution in [2.24, 2.45) is 5.92 Å². The van der Waals surface area contributed by atoms with Gasteiger partial charge in [-0.05, 0) is 63.4 Å². The maximum atomic E-state index is 12.5. The summed E-state index contributed by atoms with van der Waals surface area (Å²) in [5.41, 5.74) is 1.05. The predicted octanol–water partition coefficient (Wildman–Crippen LogP) is 3.11. The minimum atomic E-state index is -0.523. The fourth-order valence-corrected chi connectivity index (χ4v) is 4.12. The van der Waals surface area contributed by atoms with Gasteiger partial charge in [-0.3, -0.25) is 4.79 Å². The normalized spacial score (nSPS) is 21.4. The van der Waals surface area contributed by atoms with Crippen LogP contribution in [0.3, 0.4) is 0 Å². The molecule has 0 aliphatic carbocycles. The fraction of sp³-hybridized carbons (Fsp3) is 0.667. The average molecular weight is 395 g/mol. The Balaban J connectivity index is 1.36. The zero-order valence-corrected chi connectivity index (χ0v) is 16.9. The van der Waals surface area contributed by atoms with Crippen LogP contribution in [0.25, 0.3) is 0 Å². The van der Waals surface area contributed by atoms with Crippen LogP contribution in [0.1, 0.15) is 44.3 Å². The molecule has 2 saturated heterocycles. The van der Waals surface area contributed by atoms with Gasteiger partial charge in [-0.15, -0.1) is 0 Å². The summed E-state index contributed by atoms with van der Waals surface area (Å²) >= 11 is 5.91.